The van der Waals surface area contributed by atoms with Crippen LogP contribution in [0.2, 0.25) is 0 Å². The van der Waals surface area contributed by atoms with Gasteiger partial charge in [-0.3, -0.25) is 4.79 Å². The van der Waals surface area contributed by atoms with Gasteiger partial charge in [-0.05, 0) is 25.7 Å². The largest absolute Gasteiger partial charge is 0.342 e. The van der Waals surface area contributed by atoms with Crippen LogP contribution in [0.15, 0.2) is 5.18 Å². The number of carbonyl (C=O) groups excluding carboxylic acids is 1. The Labute approximate surface area is 77.3 Å². The van der Waals surface area contributed by atoms with Gasteiger partial charge in [0, 0.05) is 19.0 Å². The van der Waals surface area contributed by atoms with Gasteiger partial charge in [-0.1, -0.05) is 5.18 Å². The van der Waals surface area contributed by atoms with Gasteiger partial charge in [-0.2, -0.15) is 4.91 Å². The molecule has 1 amide bonds. The molecule has 1 aliphatic heterocycles. The molecule has 0 bridgehead atoms. The van der Waals surface area contributed by atoms with Gasteiger partial charge in [0.15, 0.2) is 0 Å². The van der Waals surface area contributed by atoms with Crippen molar-refractivity contribution < 1.29 is 4.79 Å². The van der Waals surface area contributed by atoms with Crippen LogP contribution in [0.5, 0.6) is 0 Å². The summed E-state index contributed by atoms with van der Waals surface area (Å²) in [5, 5.41) is 3.01. The van der Waals surface area contributed by atoms with Crippen LogP contribution in [0.25, 0.3) is 0 Å². The lowest BCUT2D eigenvalue weighted by Gasteiger charge is -2.29. The van der Waals surface area contributed by atoms with Gasteiger partial charge < -0.3 is 4.90 Å². The van der Waals surface area contributed by atoms with Crippen molar-refractivity contribution >= 4 is 5.91 Å². The molecule has 2 aliphatic rings. The summed E-state index contributed by atoms with van der Waals surface area (Å²) in [4.78, 5) is 23.7. The number of nitroso groups, excluding NO2 is 1. The Morgan fingerprint density at radius 2 is 1.77 bits per heavy atom. The maximum atomic E-state index is 11.6. The van der Waals surface area contributed by atoms with E-state index in [0.717, 1.165) is 38.8 Å². The van der Waals surface area contributed by atoms with Gasteiger partial charge in [0.05, 0.1) is 6.04 Å². The fourth-order valence-corrected chi connectivity index (χ4v) is 1.78. The number of carbonyl (C=O) groups is 1. The highest BCUT2D eigenvalue weighted by atomic mass is 16.3. The van der Waals surface area contributed by atoms with Crippen LogP contribution in [-0.2, 0) is 4.79 Å². The zero-order valence-corrected chi connectivity index (χ0v) is 7.61. The molecule has 4 heteroatoms. The zero-order valence-electron chi connectivity index (χ0n) is 7.61. The Hall–Kier alpha value is -0.930. The van der Waals surface area contributed by atoms with E-state index >= 15 is 0 Å². The Morgan fingerprint density at radius 1 is 1.15 bits per heavy atom. The summed E-state index contributed by atoms with van der Waals surface area (Å²) in [7, 11) is 0. The zero-order chi connectivity index (χ0) is 9.26. The lowest BCUT2D eigenvalue weighted by molar-refractivity contribution is -0.133. The average Bonchev–Trinajstić information content (AvgIpc) is 3.00. The summed E-state index contributed by atoms with van der Waals surface area (Å²) < 4.78 is 0. The number of amides is 1. The number of likely N-dealkylation sites (tertiary alicyclic amines) is 1. The number of hydrogen-bond donors (Lipinski definition) is 0. The first kappa shape index (κ1) is 8.66. The van der Waals surface area contributed by atoms with E-state index in [4.69, 9.17) is 0 Å². The molecule has 0 radical (unpaired) electrons. The second-order valence-corrected chi connectivity index (χ2v) is 3.94. The highest BCUT2D eigenvalue weighted by Gasteiger charge is 2.34. The van der Waals surface area contributed by atoms with Gasteiger partial charge in [0.25, 0.3) is 0 Å². The molecule has 13 heavy (non-hydrogen) atoms. The Kier molecular flexibility index (Phi) is 2.29. The lowest BCUT2D eigenvalue weighted by Crippen LogP contribution is -2.40. The van der Waals surface area contributed by atoms with Crippen molar-refractivity contribution in [1.82, 2.24) is 4.90 Å². The van der Waals surface area contributed by atoms with E-state index in [2.05, 4.69) is 5.18 Å². The molecule has 0 aromatic carbocycles. The SMILES string of the molecule is O=NC1CCN(C(=O)C2CC2)CC1. The molecule has 0 aromatic heterocycles. The first-order valence-corrected chi connectivity index (χ1v) is 4.92. The molecular formula is C9H14N2O2. The van der Waals surface area contributed by atoms with Crippen LogP contribution in [-0.4, -0.2) is 29.9 Å². The van der Waals surface area contributed by atoms with E-state index in [9.17, 15) is 9.70 Å². The highest BCUT2D eigenvalue weighted by Crippen LogP contribution is 2.32. The van der Waals surface area contributed by atoms with Crippen molar-refractivity contribution in [3.8, 4) is 0 Å². The van der Waals surface area contributed by atoms with Gasteiger partial charge in [0.2, 0.25) is 5.91 Å². The number of nitrogens with zero attached hydrogens (tertiary/aromatic N) is 2. The Bertz CT molecular complexity index is 218. The third kappa shape index (κ3) is 1.87. The van der Waals surface area contributed by atoms with Gasteiger partial charge in [-0.25, -0.2) is 0 Å². The van der Waals surface area contributed by atoms with Crippen LogP contribution in [0.1, 0.15) is 25.7 Å². The molecule has 0 unspecified atom stereocenters. The first-order valence-electron chi connectivity index (χ1n) is 4.92. The number of rotatable bonds is 2. The molecule has 4 nitrogen and oxygen atoms in total. The van der Waals surface area contributed by atoms with Crippen LogP contribution < -0.4 is 0 Å². The molecule has 0 atom stereocenters. The number of hydrogen-bond acceptors (Lipinski definition) is 3. The lowest BCUT2D eigenvalue weighted by atomic mass is 10.1. The van der Waals surface area contributed by atoms with Crippen molar-refractivity contribution in [3.05, 3.63) is 4.91 Å². The maximum absolute atomic E-state index is 11.6. The minimum absolute atomic E-state index is 0.0525. The van der Waals surface area contributed by atoms with Gasteiger partial charge in [0.1, 0.15) is 0 Å². The second kappa shape index (κ2) is 3.44. The Balaban J connectivity index is 1.83. The summed E-state index contributed by atoms with van der Waals surface area (Å²) in [5.41, 5.74) is 0. The smallest absolute Gasteiger partial charge is 0.225 e. The minimum Gasteiger partial charge on any atom is -0.342 e. The molecule has 1 heterocycles. The third-order valence-corrected chi connectivity index (χ3v) is 2.85. The van der Waals surface area contributed by atoms with E-state index in [-0.39, 0.29) is 6.04 Å². The van der Waals surface area contributed by atoms with E-state index in [1.807, 2.05) is 4.90 Å². The molecule has 1 saturated heterocycles. The molecule has 0 spiro atoms. The van der Waals surface area contributed by atoms with E-state index in [0.29, 0.717) is 11.8 Å². The molecule has 0 N–H and O–H groups in total. The summed E-state index contributed by atoms with van der Waals surface area (Å²) >= 11 is 0. The van der Waals surface area contributed by atoms with Crippen LogP contribution in [0.4, 0.5) is 0 Å². The first-order chi connectivity index (χ1) is 6.31. The molecule has 0 aromatic rings. The fourth-order valence-electron chi connectivity index (χ4n) is 1.78. The van der Waals surface area contributed by atoms with Gasteiger partial charge >= 0.3 is 0 Å². The highest BCUT2D eigenvalue weighted by molar-refractivity contribution is 5.81. The summed E-state index contributed by atoms with van der Waals surface area (Å²) in [6, 6.07) is -0.0525. The standard InChI is InChI=1S/C9H14N2O2/c12-9(7-1-2-7)11-5-3-8(10-13)4-6-11/h7-8H,1-6H2. The molecule has 1 aliphatic carbocycles. The average molecular weight is 182 g/mol. The van der Waals surface area contributed by atoms with E-state index in [1.165, 1.54) is 0 Å². The third-order valence-electron chi connectivity index (χ3n) is 2.85. The molecule has 1 saturated carbocycles. The van der Waals surface area contributed by atoms with Crippen molar-refractivity contribution in [1.29, 1.82) is 0 Å². The predicted octanol–water partition coefficient (Wildman–Crippen LogP) is 1.15. The van der Waals surface area contributed by atoms with Gasteiger partial charge in [-0.15, -0.1) is 0 Å². The molecule has 72 valence electrons. The molecule has 2 rings (SSSR count). The van der Waals surface area contributed by atoms with E-state index in [1.54, 1.807) is 0 Å². The van der Waals surface area contributed by atoms with Crippen molar-refractivity contribution in [2.45, 2.75) is 31.7 Å². The topological polar surface area (TPSA) is 49.7 Å². The quantitative estimate of drug-likeness (QED) is 0.601. The van der Waals surface area contributed by atoms with Crippen LogP contribution in [0, 0.1) is 10.8 Å². The van der Waals surface area contributed by atoms with Crippen molar-refractivity contribution in [2.24, 2.45) is 11.1 Å². The minimum atomic E-state index is -0.0525. The maximum Gasteiger partial charge on any atom is 0.225 e. The summed E-state index contributed by atoms with van der Waals surface area (Å²) in [5.74, 6) is 0.602. The number of piperidine rings is 1. The van der Waals surface area contributed by atoms with Crippen LogP contribution in [0.3, 0.4) is 0 Å². The molecular weight excluding hydrogens is 168 g/mol. The summed E-state index contributed by atoms with van der Waals surface area (Å²) in [6.45, 7) is 1.46. The van der Waals surface area contributed by atoms with Crippen molar-refractivity contribution in [2.75, 3.05) is 13.1 Å². The summed E-state index contributed by atoms with van der Waals surface area (Å²) in [6.07, 6.45) is 3.62. The van der Waals surface area contributed by atoms with E-state index < -0.39 is 0 Å². The molecule has 2 fully saturated rings. The normalized spacial score (nSPS) is 24.5. The fraction of sp³-hybridized carbons (Fsp3) is 0.889. The van der Waals surface area contributed by atoms with Crippen LogP contribution >= 0.6 is 0 Å². The monoisotopic (exact) mass is 182 g/mol. The predicted molar refractivity (Wildman–Crippen MR) is 48.1 cm³/mol. The Morgan fingerprint density at radius 3 is 2.23 bits per heavy atom. The second-order valence-electron chi connectivity index (χ2n) is 3.94. The van der Waals surface area contributed by atoms with Crippen molar-refractivity contribution in [3.63, 3.8) is 0 Å².